The first kappa shape index (κ1) is 16.2. The summed E-state index contributed by atoms with van der Waals surface area (Å²) in [6.45, 7) is 5.05. The van der Waals surface area contributed by atoms with Gasteiger partial charge in [0.25, 0.3) is 0 Å². The van der Waals surface area contributed by atoms with Crippen molar-refractivity contribution in [2.24, 2.45) is 5.73 Å². The highest BCUT2D eigenvalue weighted by molar-refractivity contribution is 7.13. The van der Waals surface area contributed by atoms with Gasteiger partial charge in [0.05, 0.1) is 11.3 Å². The van der Waals surface area contributed by atoms with Gasteiger partial charge in [-0.2, -0.15) is 0 Å². The van der Waals surface area contributed by atoms with Crippen molar-refractivity contribution in [2.75, 3.05) is 11.9 Å². The number of ether oxygens (including phenoxy) is 1. The lowest BCUT2D eigenvalue weighted by atomic mass is 9.86. The molecule has 7 heteroatoms. The van der Waals surface area contributed by atoms with Crippen molar-refractivity contribution in [1.29, 1.82) is 0 Å². The SMILES string of the molecule is CCC1(CC)CC(Nc2nc(C(N)C(=O)O)cs2)CCO1. The molecule has 2 atom stereocenters. The van der Waals surface area contributed by atoms with Gasteiger partial charge in [-0.1, -0.05) is 13.8 Å². The molecule has 6 nitrogen and oxygen atoms in total. The smallest absolute Gasteiger partial charge is 0.326 e. The predicted octanol–water partition coefficient (Wildman–Crippen LogP) is 2.38. The van der Waals surface area contributed by atoms with Crippen LogP contribution in [0.2, 0.25) is 0 Å². The zero-order valence-electron chi connectivity index (χ0n) is 12.5. The lowest BCUT2D eigenvalue weighted by Crippen LogP contribution is -2.43. The van der Waals surface area contributed by atoms with Gasteiger partial charge in [0.15, 0.2) is 5.13 Å². The van der Waals surface area contributed by atoms with Gasteiger partial charge in [-0.25, -0.2) is 4.98 Å². The number of hydrogen-bond acceptors (Lipinski definition) is 6. The summed E-state index contributed by atoms with van der Waals surface area (Å²) in [5.74, 6) is -1.06. The summed E-state index contributed by atoms with van der Waals surface area (Å²) in [6, 6.07) is -0.754. The minimum atomic E-state index is -1.06. The number of aliphatic carboxylic acids is 1. The van der Waals surface area contributed by atoms with E-state index in [4.69, 9.17) is 15.6 Å². The van der Waals surface area contributed by atoms with Crippen molar-refractivity contribution in [1.82, 2.24) is 4.98 Å². The number of nitrogens with two attached hydrogens (primary N) is 1. The first-order valence-electron chi connectivity index (χ1n) is 7.34. The predicted molar refractivity (Wildman–Crippen MR) is 82.6 cm³/mol. The Morgan fingerprint density at radius 1 is 1.67 bits per heavy atom. The Labute approximate surface area is 128 Å². The van der Waals surface area contributed by atoms with Crippen LogP contribution < -0.4 is 11.1 Å². The number of rotatable bonds is 6. The number of aromatic nitrogens is 1. The number of anilines is 1. The quantitative estimate of drug-likeness (QED) is 0.746. The number of carbonyl (C=O) groups is 1. The fourth-order valence-electron chi connectivity index (χ4n) is 2.69. The number of carboxylic acids is 1. The molecule has 1 aliphatic heterocycles. The fraction of sp³-hybridized carbons (Fsp3) is 0.714. The van der Waals surface area contributed by atoms with Gasteiger partial charge >= 0.3 is 5.97 Å². The van der Waals surface area contributed by atoms with Crippen molar-refractivity contribution in [3.63, 3.8) is 0 Å². The fourth-order valence-corrected chi connectivity index (χ4v) is 3.51. The second-order valence-corrected chi connectivity index (χ2v) is 6.32. The van der Waals surface area contributed by atoms with Gasteiger partial charge in [0.2, 0.25) is 0 Å². The van der Waals surface area contributed by atoms with E-state index in [-0.39, 0.29) is 5.60 Å². The van der Waals surface area contributed by atoms with E-state index < -0.39 is 12.0 Å². The van der Waals surface area contributed by atoms with Crippen molar-refractivity contribution < 1.29 is 14.6 Å². The molecule has 2 rings (SSSR count). The van der Waals surface area contributed by atoms with Gasteiger partial charge in [0.1, 0.15) is 6.04 Å². The minimum Gasteiger partial charge on any atom is -0.480 e. The Morgan fingerprint density at radius 2 is 2.38 bits per heavy atom. The van der Waals surface area contributed by atoms with Crippen LogP contribution in [0.3, 0.4) is 0 Å². The van der Waals surface area contributed by atoms with Crippen LogP contribution in [0.1, 0.15) is 51.3 Å². The Hall–Kier alpha value is -1.18. The molecular weight excluding hydrogens is 290 g/mol. The summed E-state index contributed by atoms with van der Waals surface area (Å²) < 4.78 is 5.95. The lowest BCUT2D eigenvalue weighted by molar-refractivity contribution is -0.138. The molecule has 0 amide bonds. The molecule has 1 fully saturated rings. The summed E-state index contributed by atoms with van der Waals surface area (Å²) in [5.41, 5.74) is 5.92. The number of thiazole rings is 1. The third-order valence-corrected chi connectivity index (χ3v) is 5.01. The third kappa shape index (κ3) is 3.72. The maximum Gasteiger partial charge on any atom is 0.326 e. The Bertz CT molecular complexity index is 488. The van der Waals surface area contributed by atoms with Crippen LogP contribution in [-0.2, 0) is 9.53 Å². The van der Waals surface area contributed by atoms with Crippen molar-refractivity contribution >= 4 is 22.4 Å². The molecule has 1 aliphatic rings. The Balaban J connectivity index is 2.00. The van der Waals surface area contributed by atoms with Crippen LogP contribution in [-0.4, -0.2) is 34.3 Å². The van der Waals surface area contributed by atoms with Crippen LogP contribution >= 0.6 is 11.3 Å². The molecular formula is C14H23N3O3S. The zero-order chi connectivity index (χ0) is 15.5. The van der Waals surface area contributed by atoms with E-state index in [0.717, 1.165) is 37.4 Å². The molecule has 0 saturated carbocycles. The number of carboxylic acid groups (broad SMARTS) is 1. The second kappa shape index (κ2) is 6.72. The Morgan fingerprint density at radius 3 is 3.00 bits per heavy atom. The molecule has 0 spiro atoms. The van der Waals surface area contributed by atoms with E-state index in [1.54, 1.807) is 5.38 Å². The third-order valence-electron chi connectivity index (χ3n) is 4.22. The monoisotopic (exact) mass is 313 g/mol. The minimum absolute atomic E-state index is 0.0481. The van der Waals surface area contributed by atoms with Crippen LogP contribution in [0.5, 0.6) is 0 Å². The highest BCUT2D eigenvalue weighted by atomic mass is 32.1. The van der Waals surface area contributed by atoms with Gasteiger partial charge in [-0.15, -0.1) is 11.3 Å². The van der Waals surface area contributed by atoms with E-state index in [2.05, 4.69) is 24.1 Å². The van der Waals surface area contributed by atoms with Crippen molar-refractivity contribution in [2.45, 2.75) is 57.2 Å². The molecule has 0 bridgehead atoms. The molecule has 1 aromatic heterocycles. The summed E-state index contributed by atoms with van der Waals surface area (Å²) in [5, 5.41) is 14.7. The van der Waals surface area contributed by atoms with Gasteiger partial charge in [0, 0.05) is 18.0 Å². The standard InChI is InChI=1S/C14H23N3O3S/c1-3-14(4-2)7-9(5-6-20-14)16-13-17-10(8-21-13)11(15)12(18)19/h8-9,11H,3-7,15H2,1-2H3,(H,16,17)(H,18,19). The molecule has 0 radical (unpaired) electrons. The molecule has 0 aliphatic carbocycles. The number of nitrogens with zero attached hydrogens (tertiary/aromatic N) is 1. The molecule has 1 aromatic rings. The van der Waals surface area contributed by atoms with E-state index in [9.17, 15) is 4.79 Å². The summed E-state index contributed by atoms with van der Waals surface area (Å²) in [6.07, 6.45) is 3.87. The number of hydrogen-bond donors (Lipinski definition) is 3. The van der Waals surface area contributed by atoms with Crippen LogP contribution in [0.25, 0.3) is 0 Å². The average Bonchev–Trinajstić information content (AvgIpc) is 2.94. The van der Waals surface area contributed by atoms with Gasteiger partial charge < -0.3 is 20.9 Å². The average molecular weight is 313 g/mol. The number of nitrogens with one attached hydrogen (secondary N) is 1. The highest BCUT2D eigenvalue weighted by Crippen LogP contribution is 2.33. The maximum absolute atomic E-state index is 10.9. The maximum atomic E-state index is 10.9. The second-order valence-electron chi connectivity index (χ2n) is 5.47. The lowest BCUT2D eigenvalue weighted by Gasteiger charge is -2.40. The van der Waals surface area contributed by atoms with E-state index in [1.807, 2.05) is 0 Å². The van der Waals surface area contributed by atoms with Crippen LogP contribution in [0, 0.1) is 0 Å². The van der Waals surface area contributed by atoms with Crippen LogP contribution in [0.15, 0.2) is 5.38 Å². The Kier molecular flexibility index (Phi) is 5.18. The van der Waals surface area contributed by atoms with E-state index in [1.165, 1.54) is 11.3 Å². The molecule has 21 heavy (non-hydrogen) atoms. The van der Waals surface area contributed by atoms with Gasteiger partial charge in [-0.05, 0) is 25.7 Å². The van der Waals surface area contributed by atoms with Gasteiger partial charge in [-0.3, -0.25) is 4.79 Å². The van der Waals surface area contributed by atoms with Crippen LogP contribution in [0.4, 0.5) is 5.13 Å². The molecule has 4 N–H and O–H groups in total. The molecule has 118 valence electrons. The molecule has 2 unspecified atom stereocenters. The highest BCUT2D eigenvalue weighted by Gasteiger charge is 2.34. The largest absolute Gasteiger partial charge is 0.480 e. The zero-order valence-corrected chi connectivity index (χ0v) is 13.3. The summed E-state index contributed by atoms with van der Waals surface area (Å²) in [7, 11) is 0. The topological polar surface area (TPSA) is 97.5 Å². The van der Waals surface area contributed by atoms with Crippen molar-refractivity contribution in [3.05, 3.63) is 11.1 Å². The van der Waals surface area contributed by atoms with Crippen molar-refractivity contribution in [3.8, 4) is 0 Å². The van der Waals surface area contributed by atoms with E-state index in [0.29, 0.717) is 11.7 Å². The first-order valence-corrected chi connectivity index (χ1v) is 8.22. The molecule has 0 aromatic carbocycles. The normalized spacial score (nSPS) is 22.7. The first-order chi connectivity index (χ1) is 9.99. The molecule has 1 saturated heterocycles. The van der Waals surface area contributed by atoms with E-state index >= 15 is 0 Å². The summed E-state index contributed by atoms with van der Waals surface area (Å²) >= 11 is 1.40. The summed E-state index contributed by atoms with van der Waals surface area (Å²) in [4.78, 5) is 15.2. The molecule has 2 heterocycles.